The summed E-state index contributed by atoms with van der Waals surface area (Å²) in [5.74, 6) is 2.06. The second kappa shape index (κ2) is 4.43. The van der Waals surface area contributed by atoms with Crippen molar-refractivity contribution >= 4 is 5.78 Å². The molecule has 14 heavy (non-hydrogen) atoms. The van der Waals surface area contributed by atoms with E-state index in [1.54, 1.807) is 0 Å². The van der Waals surface area contributed by atoms with Crippen LogP contribution in [0.3, 0.4) is 0 Å². The lowest BCUT2D eigenvalue weighted by atomic mass is 9.74. The number of nitrogens with zero attached hydrogens (tertiary/aromatic N) is 1. The molecule has 2 aliphatic rings. The number of carbonyl (C=O) groups is 1. The van der Waals surface area contributed by atoms with Gasteiger partial charge in [0.25, 0.3) is 0 Å². The SMILES string of the molecule is CCCN1CCC2CC(=O)CCC2C1. The van der Waals surface area contributed by atoms with Gasteiger partial charge in [-0.2, -0.15) is 0 Å². The Morgan fingerprint density at radius 3 is 3.00 bits per heavy atom. The number of likely N-dealkylation sites (tertiary alicyclic amines) is 1. The van der Waals surface area contributed by atoms with Crippen molar-refractivity contribution in [2.45, 2.75) is 39.0 Å². The van der Waals surface area contributed by atoms with Gasteiger partial charge < -0.3 is 4.90 Å². The van der Waals surface area contributed by atoms with Crippen molar-refractivity contribution in [3.05, 3.63) is 0 Å². The second-order valence-electron chi connectivity index (χ2n) is 4.89. The first-order valence-corrected chi connectivity index (χ1v) is 6.03. The standard InChI is InChI=1S/C12H21NO/c1-2-6-13-7-5-10-8-12(14)4-3-11(10)9-13/h10-11H,2-9H2,1H3. The molecule has 0 aromatic carbocycles. The summed E-state index contributed by atoms with van der Waals surface area (Å²) in [4.78, 5) is 13.9. The fraction of sp³-hybridized carbons (Fsp3) is 0.917. The number of carbonyl (C=O) groups excluding carboxylic acids is 1. The van der Waals surface area contributed by atoms with E-state index in [0.29, 0.717) is 5.78 Å². The van der Waals surface area contributed by atoms with Crippen LogP contribution in [0.15, 0.2) is 0 Å². The maximum atomic E-state index is 11.3. The number of ketones is 1. The fourth-order valence-corrected chi connectivity index (χ4v) is 3.01. The Morgan fingerprint density at radius 1 is 1.36 bits per heavy atom. The van der Waals surface area contributed by atoms with Crippen LogP contribution in [0.2, 0.25) is 0 Å². The zero-order valence-electron chi connectivity index (χ0n) is 9.17. The lowest BCUT2D eigenvalue weighted by Crippen LogP contribution is -2.43. The highest BCUT2D eigenvalue weighted by atomic mass is 16.1. The molecule has 0 aromatic rings. The van der Waals surface area contributed by atoms with Gasteiger partial charge in [-0.3, -0.25) is 4.79 Å². The lowest BCUT2D eigenvalue weighted by Gasteiger charge is -2.40. The molecule has 1 aliphatic carbocycles. The maximum Gasteiger partial charge on any atom is 0.133 e. The monoisotopic (exact) mass is 195 g/mol. The third kappa shape index (κ3) is 2.17. The summed E-state index contributed by atoms with van der Waals surface area (Å²) in [5.41, 5.74) is 0. The van der Waals surface area contributed by atoms with Crippen LogP contribution in [0.5, 0.6) is 0 Å². The average molecular weight is 195 g/mol. The van der Waals surface area contributed by atoms with Crippen LogP contribution in [-0.4, -0.2) is 30.3 Å². The van der Waals surface area contributed by atoms with Gasteiger partial charge in [-0.1, -0.05) is 6.92 Å². The van der Waals surface area contributed by atoms with Gasteiger partial charge in [0, 0.05) is 19.4 Å². The lowest BCUT2D eigenvalue weighted by molar-refractivity contribution is -0.123. The van der Waals surface area contributed by atoms with E-state index in [4.69, 9.17) is 0 Å². The molecule has 2 heteroatoms. The Kier molecular flexibility index (Phi) is 3.22. The van der Waals surface area contributed by atoms with E-state index >= 15 is 0 Å². The molecule has 2 rings (SSSR count). The maximum absolute atomic E-state index is 11.3. The second-order valence-corrected chi connectivity index (χ2v) is 4.89. The molecule has 2 fully saturated rings. The number of Topliss-reactive ketones (excluding diaryl/α,β-unsaturated/α-hetero) is 1. The smallest absolute Gasteiger partial charge is 0.133 e. The average Bonchev–Trinajstić information content (AvgIpc) is 2.19. The summed E-state index contributed by atoms with van der Waals surface area (Å²) in [6.07, 6.45) is 5.40. The molecular formula is C12H21NO. The van der Waals surface area contributed by atoms with Gasteiger partial charge in [-0.25, -0.2) is 0 Å². The Bertz CT molecular complexity index is 214. The minimum Gasteiger partial charge on any atom is -0.303 e. The molecule has 0 N–H and O–H groups in total. The number of fused-ring (bicyclic) bond motifs is 1. The highest BCUT2D eigenvalue weighted by Crippen LogP contribution is 2.34. The number of rotatable bonds is 2. The van der Waals surface area contributed by atoms with Crippen LogP contribution in [0.1, 0.15) is 39.0 Å². The highest BCUT2D eigenvalue weighted by Gasteiger charge is 2.33. The van der Waals surface area contributed by atoms with Crippen molar-refractivity contribution in [2.75, 3.05) is 19.6 Å². The Labute approximate surface area is 86.7 Å². The largest absolute Gasteiger partial charge is 0.303 e. The minimum atomic E-state index is 0.509. The van der Waals surface area contributed by atoms with Crippen molar-refractivity contribution in [2.24, 2.45) is 11.8 Å². The third-order valence-electron chi connectivity index (χ3n) is 3.80. The van der Waals surface area contributed by atoms with Gasteiger partial charge in [0.05, 0.1) is 0 Å². The molecule has 1 heterocycles. The van der Waals surface area contributed by atoms with E-state index in [1.807, 2.05) is 0 Å². The van der Waals surface area contributed by atoms with Gasteiger partial charge in [0.15, 0.2) is 0 Å². The van der Waals surface area contributed by atoms with Crippen LogP contribution in [0.4, 0.5) is 0 Å². The van der Waals surface area contributed by atoms with Crippen molar-refractivity contribution < 1.29 is 4.79 Å². The summed E-state index contributed by atoms with van der Waals surface area (Å²) >= 11 is 0. The first-order valence-electron chi connectivity index (χ1n) is 6.03. The summed E-state index contributed by atoms with van der Waals surface area (Å²) in [6, 6.07) is 0. The Balaban J connectivity index is 1.88. The number of piperidine rings is 1. The van der Waals surface area contributed by atoms with E-state index in [9.17, 15) is 4.79 Å². The molecule has 1 saturated carbocycles. The molecule has 0 radical (unpaired) electrons. The van der Waals surface area contributed by atoms with Crippen LogP contribution in [-0.2, 0) is 4.79 Å². The fourth-order valence-electron chi connectivity index (χ4n) is 3.01. The molecule has 0 spiro atoms. The van der Waals surface area contributed by atoms with Gasteiger partial charge in [-0.15, -0.1) is 0 Å². The summed E-state index contributed by atoms with van der Waals surface area (Å²) in [7, 11) is 0. The summed E-state index contributed by atoms with van der Waals surface area (Å²) in [6.45, 7) is 5.97. The van der Waals surface area contributed by atoms with Gasteiger partial charge in [0.1, 0.15) is 5.78 Å². The predicted octanol–water partition coefficient (Wildman–Crippen LogP) is 2.09. The van der Waals surface area contributed by atoms with Crippen molar-refractivity contribution in [1.82, 2.24) is 4.90 Å². The quantitative estimate of drug-likeness (QED) is 0.672. The molecule has 0 bridgehead atoms. The van der Waals surface area contributed by atoms with Gasteiger partial charge in [-0.05, 0) is 44.2 Å². The predicted molar refractivity (Wildman–Crippen MR) is 57.2 cm³/mol. The molecule has 0 amide bonds. The molecule has 0 aromatic heterocycles. The number of hydrogen-bond donors (Lipinski definition) is 0. The van der Waals surface area contributed by atoms with Gasteiger partial charge >= 0.3 is 0 Å². The zero-order valence-corrected chi connectivity index (χ0v) is 9.17. The van der Waals surface area contributed by atoms with E-state index in [-0.39, 0.29) is 0 Å². The Morgan fingerprint density at radius 2 is 2.21 bits per heavy atom. The minimum absolute atomic E-state index is 0.509. The van der Waals surface area contributed by atoms with Crippen molar-refractivity contribution in [3.8, 4) is 0 Å². The van der Waals surface area contributed by atoms with Crippen molar-refractivity contribution in [1.29, 1.82) is 0 Å². The van der Waals surface area contributed by atoms with Crippen LogP contribution < -0.4 is 0 Å². The normalized spacial score (nSPS) is 34.2. The first-order chi connectivity index (χ1) is 6.79. The van der Waals surface area contributed by atoms with E-state index in [2.05, 4.69) is 11.8 Å². The van der Waals surface area contributed by atoms with Crippen LogP contribution in [0.25, 0.3) is 0 Å². The third-order valence-corrected chi connectivity index (χ3v) is 3.80. The molecule has 80 valence electrons. The van der Waals surface area contributed by atoms with Gasteiger partial charge in [0.2, 0.25) is 0 Å². The molecule has 2 atom stereocenters. The summed E-state index contributed by atoms with van der Waals surface area (Å²) < 4.78 is 0. The highest BCUT2D eigenvalue weighted by molar-refractivity contribution is 5.79. The first kappa shape index (κ1) is 10.2. The molecule has 2 unspecified atom stereocenters. The van der Waals surface area contributed by atoms with E-state index in [0.717, 1.165) is 31.1 Å². The summed E-state index contributed by atoms with van der Waals surface area (Å²) in [5, 5.41) is 0. The Hall–Kier alpha value is -0.370. The van der Waals surface area contributed by atoms with Crippen molar-refractivity contribution in [3.63, 3.8) is 0 Å². The molecule has 1 saturated heterocycles. The van der Waals surface area contributed by atoms with Crippen LogP contribution >= 0.6 is 0 Å². The molecular weight excluding hydrogens is 174 g/mol. The topological polar surface area (TPSA) is 20.3 Å². The van der Waals surface area contributed by atoms with E-state index < -0.39 is 0 Å². The van der Waals surface area contributed by atoms with E-state index in [1.165, 1.54) is 32.5 Å². The number of hydrogen-bond acceptors (Lipinski definition) is 2. The molecule has 1 aliphatic heterocycles. The zero-order chi connectivity index (χ0) is 9.97. The molecule has 2 nitrogen and oxygen atoms in total. The van der Waals surface area contributed by atoms with Crippen LogP contribution in [0, 0.1) is 11.8 Å².